The molecule has 0 bridgehead atoms. The first-order valence-corrected chi connectivity index (χ1v) is 8.04. The zero-order chi connectivity index (χ0) is 14.2. The average Bonchev–Trinajstić information content (AvgIpc) is 2.38. The van der Waals surface area contributed by atoms with E-state index in [0.29, 0.717) is 6.42 Å². The normalized spacial score (nSPS) is 34.7. The largest absolute Gasteiger partial charge is 0.396 e. The first kappa shape index (κ1) is 16.9. The van der Waals surface area contributed by atoms with Crippen molar-refractivity contribution in [3.05, 3.63) is 0 Å². The van der Waals surface area contributed by atoms with E-state index in [1.165, 1.54) is 38.5 Å². The maximum atomic E-state index is 9.29. The van der Waals surface area contributed by atoms with E-state index in [-0.39, 0.29) is 24.2 Å². The van der Waals surface area contributed by atoms with Gasteiger partial charge in [-0.3, -0.25) is 0 Å². The van der Waals surface area contributed by atoms with E-state index in [2.05, 4.69) is 6.92 Å². The molecular formula is C16H33NO2. The van der Waals surface area contributed by atoms with Gasteiger partial charge in [0.15, 0.2) is 0 Å². The van der Waals surface area contributed by atoms with E-state index in [9.17, 15) is 10.2 Å². The lowest BCUT2D eigenvalue weighted by molar-refractivity contribution is 0.145. The van der Waals surface area contributed by atoms with Crippen LogP contribution in [0.3, 0.4) is 0 Å². The molecule has 2 unspecified atom stereocenters. The summed E-state index contributed by atoms with van der Waals surface area (Å²) in [5.41, 5.74) is 6.53. The molecule has 3 heteroatoms. The Labute approximate surface area is 118 Å². The van der Waals surface area contributed by atoms with Crippen LogP contribution in [0, 0.1) is 5.41 Å². The van der Waals surface area contributed by atoms with Gasteiger partial charge in [-0.15, -0.1) is 0 Å². The summed E-state index contributed by atoms with van der Waals surface area (Å²) in [7, 11) is 0. The van der Waals surface area contributed by atoms with Crippen LogP contribution in [-0.2, 0) is 0 Å². The summed E-state index contributed by atoms with van der Waals surface area (Å²) in [6, 6.07) is 0. The molecule has 0 aromatic carbocycles. The Bertz CT molecular complexity index is 223. The molecule has 0 saturated heterocycles. The minimum atomic E-state index is -0.199. The number of rotatable bonds is 4. The highest BCUT2D eigenvalue weighted by molar-refractivity contribution is 4.88. The molecular weight excluding hydrogens is 238 g/mol. The summed E-state index contributed by atoms with van der Waals surface area (Å²) in [6.07, 6.45) is 12.2. The van der Waals surface area contributed by atoms with Gasteiger partial charge in [-0.2, -0.15) is 0 Å². The van der Waals surface area contributed by atoms with E-state index in [4.69, 9.17) is 5.73 Å². The molecule has 0 aromatic rings. The molecule has 1 saturated carbocycles. The second kappa shape index (κ2) is 8.23. The van der Waals surface area contributed by atoms with Gasteiger partial charge in [0.25, 0.3) is 0 Å². The van der Waals surface area contributed by atoms with Crippen molar-refractivity contribution < 1.29 is 10.2 Å². The average molecular weight is 271 g/mol. The Morgan fingerprint density at radius 2 is 1.37 bits per heavy atom. The van der Waals surface area contributed by atoms with Crippen LogP contribution in [0.15, 0.2) is 0 Å². The molecule has 0 aromatic heterocycles. The molecule has 19 heavy (non-hydrogen) atoms. The van der Waals surface area contributed by atoms with Crippen LogP contribution in [0.1, 0.15) is 77.6 Å². The highest BCUT2D eigenvalue weighted by Gasteiger charge is 2.30. The highest BCUT2D eigenvalue weighted by Crippen LogP contribution is 2.37. The minimum Gasteiger partial charge on any atom is -0.396 e. The van der Waals surface area contributed by atoms with Crippen molar-refractivity contribution in [3.63, 3.8) is 0 Å². The van der Waals surface area contributed by atoms with E-state index in [0.717, 1.165) is 25.7 Å². The molecule has 114 valence electrons. The predicted octanol–water partition coefficient (Wildman–Crippen LogP) is 2.98. The van der Waals surface area contributed by atoms with Crippen LogP contribution in [0.2, 0.25) is 0 Å². The second-order valence-corrected chi connectivity index (χ2v) is 6.89. The molecule has 0 amide bonds. The van der Waals surface area contributed by atoms with Gasteiger partial charge < -0.3 is 15.9 Å². The fourth-order valence-electron chi connectivity index (χ4n) is 3.35. The fourth-order valence-corrected chi connectivity index (χ4v) is 3.35. The third kappa shape index (κ3) is 6.24. The molecule has 1 aliphatic rings. The van der Waals surface area contributed by atoms with Gasteiger partial charge in [-0.1, -0.05) is 39.0 Å². The first-order valence-electron chi connectivity index (χ1n) is 8.04. The summed E-state index contributed by atoms with van der Waals surface area (Å²) in [4.78, 5) is 0. The Hall–Kier alpha value is -0.120. The lowest BCUT2D eigenvalue weighted by Crippen LogP contribution is -2.42. The summed E-state index contributed by atoms with van der Waals surface area (Å²) in [5, 5.41) is 18.5. The van der Waals surface area contributed by atoms with Crippen molar-refractivity contribution in [2.24, 2.45) is 11.1 Å². The molecule has 0 radical (unpaired) electrons. The van der Waals surface area contributed by atoms with Gasteiger partial charge in [0.05, 0.1) is 0 Å². The number of aliphatic hydroxyl groups is 2. The molecule has 1 aliphatic carbocycles. The van der Waals surface area contributed by atoms with Gasteiger partial charge >= 0.3 is 0 Å². The standard InChI is InChI=1S/C16H33NO2/c1-15(11-13-18)7-5-3-2-4-6-8-16(17,10-9-15)12-14-19/h18-19H,2-14,17H2,1H3. The lowest BCUT2D eigenvalue weighted by Gasteiger charge is -2.35. The molecule has 0 heterocycles. The topological polar surface area (TPSA) is 66.5 Å². The molecule has 2 atom stereocenters. The van der Waals surface area contributed by atoms with Crippen molar-refractivity contribution >= 4 is 0 Å². The molecule has 1 fully saturated rings. The van der Waals surface area contributed by atoms with E-state index < -0.39 is 0 Å². The first-order chi connectivity index (χ1) is 9.04. The summed E-state index contributed by atoms with van der Waals surface area (Å²) in [5.74, 6) is 0. The maximum absolute atomic E-state index is 9.29. The summed E-state index contributed by atoms with van der Waals surface area (Å²) >= 11 is 0. The molecule has 1 rings (SSSR count). The highest BCUT2D eigenvalue weighted by atomic mass is 16.3. The molecule has 3 nitrogen and oxygen atoms in total. The van der Waals surface area contributed by atoms with Crippen LogP contribution in [0.25, 0.3) is 0 Å². The van der Waals surface area contributed by atoms with Crippen molar-refractivity contribution in [1.29, 1.82) is 0 Å². The van der Waals surface area contributed by atoms with Gasteiger partial charge in [-0.25, -0.2) is 0 Å². The van der Waals surface area contributed by atoms with Gasteiger partial charge in [0.2, 0.25) is 0 Å². The zero-order valence-electron chi connectivity index (χ0n) is 12.7. The van der Waals surface area contributed by atoms with Crippen LogP contribution in [-0.4, -0.2) is 29.0 Å². The Balaban J connectivity index is 2.67. The van der Waals surface area contributed by atoms with Gasteiger partial charge in [0.1, 0.15) is 0 Å². The van der Waals surface area contributed by atoms with E-state index in [1.54, 1.807) is 0 Å². The summed E-state index contributed by atoms with van der Waals surface area (Å²) < 4.78 is 0. The van der Waals surface area contributed by atoms with Crippen LogP contribution >= 0.6 is 0 Å². The minimum absolute atomic E-state index is 0.188. The number of aliphatic hydroxyl groups excluding tert-OH is 2. The maximum Gasteiger partial charge on any atom is 0.0448 e. The predicted molar refractivity (Wildman–Crippen MR) is 80.0 cm³/mol. The SMILES string of the molecule is CC1(CCO)CCCCCCCC(N)(CCO)CC1. The summed E-state index contributed by atoms with van der Waals surface area (Å²) in [6.45, 7) is 2.75. The van der Waals surface area contributed by atoms with Crippen LogP contribution < -0.4 is 5.73 Å². The quantitative estimate of drug-likeness (QED) is 0.736. The van der Waals surface area contributed by atoms with E-state index >= 15 is 0 Å². The molecule has 0 aliphatic heterocycles. The van der Waals surface area contributed by atoms with Crippen molar-refractivity contribution in [2.45, 2.75) is 83.1 Å². The fraction of sp³-hybridized carbons (Fsp3) is 1.00. The third-order valence-corrected chi connectivity index (χ3v) is 5.01. The van der Waals surface area contributed by atoms with Gasteiger partial charge in [0, 0.05) is 18.8 Å². The lowest BCUT2D eigenvalue weighted by atomic mass is 9.74. The Morgan fingerprint density at radius 3 is 2.00 bits per heavy atom. The second-order valence-electron chi connectivity index (χ2n) is 6.89. The van der Waals surface area contributed by atoms with Crippen molar-refractivity contribution in [2.75, 3.05) is 13.2 Å². The van der Waals surface area contributed by atoms with Crippen LogP contribution in [0.5, 0.6) is 0 Å². The molecule has 0 spiro atoms. The molecule has 4 N–H and O–H groups in total. The zero-order valence-corrected chi connectivity index (χ0v) is 12.7. The Kier molecular flexibility index (Phi) is 7.33. The van der Waals surface area contributed by atoms with Gasteiger partial charge in [-0.05, 0) is 43.9 Å². The third-order valence-electron chi connectivity index (χ3n) is 5.01. The number of hydrogen-bond acceptors (Lipinski definition) is 3. The monoisotopic (exact) mass is 271 g/mol. The van der Waals surface area contributed by atoms with Crippen molar-refractivity contribution in [1.82, 2.24) is 0 Å². The Morgan fingerprint density at radius 1 is 0.789 bits per heavy atom. The smallest absolute Gasteiger partial charge is 0.0448 e. The van der Waals surface area contributed by atoms with E-state index in [1.807, 2.05) is 0 Å². The van der Waals surface area contributed by atoms with Crippen molar-refractivity contribution in [3.8, 4) is 0 Å². The number of nitrogens with two attached hydrogens (primary N) is 1. The van der Waals surface area contributed by atoms with Crippen LogP contribution in [0.4, 0.5) is 0 Å². The number of hydrogen-bond donors (Lipinski definition) is 3.